The smallest absolute Gasteiger partial charge is 0.406 e. The molecule has 0 spiro atoms. The molecule has 0 amide bonds. The summed E-state index contributed by atoms with van der Waals surface area (Å²) in [7, 11) is -3.09. The van der Waals surface area contributed by atoms with Crippen molar-refractivity contribution in [1.29, 1.82) is 0 Å². The second-order valence-corrected chi connectivity index (χ2v) is 7.02. The summed E-state index contributed by atoms with van der Waals surface area (Å²) >= 11 is 0. The van der Waals surface area contributed by atoms with Crippen LogP contribution >= 0.6 is 0 Å². The number of aryl methyl sites for hydroxylation is 1. The third kappa shape index (κ3) is 4.29. The minimum absolute atomic E-state index is 0.00719. The molecule has 1 aromatic rings. The number of fused-ring (bicyclic) bond motifs is 1. The molecule has 1 aliphatic heterocycles. The predicted octanol–water partition coefficient (Wildman–Crippen LogP) is 2.36. The van der Waals surface area contributed by atoms with Gasteiger partial charge in [-0.05, 0) is 36.6 Å². The van der Waals surface area contributed by atoms with Crippen LogP contribution in [0.3, 0.4) is 0 Å². The van der Waals surface area contributed by atoms with E-state index in [9.17, 15) is 21.6 Å². The van der Waals surface area contributed by atoms with Crippen molar-refractivity contribution in [3.05, 3.63) is 23.8 Å². The van der Waals surface area contributed by atoms with E-state index >= 15 is 0 Å². The molecule has 0 aliphatic carbocycles. The lowest BCUT2D eigenvalue weighted by atomic mass is 9.99. The molecule has 1 N–H and O–H groups in total. The number of nitrogens with one attached hydrogen (secondary N) is 1. The fourth-order valence-electron chi connectivity index (χ4n) is 2.23. The molecule has 4 nitrogen and oxygen atoms in total. The summed E-state index contributed by atoms with van der Waals surface area (Å²) in [6, 6.07) is 3.80. The Morgan fingerprint density at radius 2 is 2.10 bits per heavy atom. The molecule has 2 rings (SSSR count). The third-order valence-corrected chi connectivity index (χ3v) is 3.94. The monoisotopic (exact) mass is 309 g/mol. The lowest BCUT2D eigenvalue weighted by Gasteiger charge is -2.27. The molecule has 1 aliphatic rings. The normalized spacial score (nSPS) is 19.1. The largest absolute Gasteiger partial charge is 0.573 e. The topological polar surface area (TPSA) is 55.4 Å². The van der Waals surface area contributed by atoms with Crippen LogP contribution in [0.2, 0.25) is 0 Å². The first-order valence-electron chi connectivity index (χ1n) is 5.95. The summed E-state index contributed by atoms with van der Waals surface area (Å²) in [5, 5.41) is 3.03. The van der Waals surface area contributed by atoms with Crippen molar-refractivity contribution < 1.29 is 26.3 Å². The number of halogens is 3. The maximum atomic E-state index is 12.1. The number of anilines is 1. The minimum atomic E-state index is -4.71. The molecule has 0 saturated carbocycles. The Kier molecular flexibility index (Phi) is 3.86. The average Bonchev–Trinajstić information content (AvgIpc) is 2.25. The van der Waals surface area contributed by atoms with E-state index in [1.165, 1.54) is 18.2 Å². The molecule has 1 atom stereocenters. The molecule has 0 bridgehead atoms. The first-order valence-corrected chi connectivity index (χ1v) is 8.01. The highest BCUT2D eigenvalue weighted by Crippen LogP contribution is 2.31. The lowest BCUT2D eigenvalue weighted by Crippen LogP contribution is -2.32. The van der Waals surface area contributed by atoms with Crippen LogP contribution in [0, 0.1) is 0 Å². The molecule has 1 heterocycles. The van der Waals surface area contributed by atoms with Gasteiger partial charge in [0.1, 0.15) is 15.6 Å². The van der Waals surface area contributed by atoms with E-state index in [0.717, 1.165) is 6.26 Å². The van der Waals surface area contributed by atoms with Crippen LogP contribution in [0.5, 0.6) is 5.75 Å². The van der Waals surface area contributed by atoms with Gasteiger partial charge in [0.05, 0.1) is 5.75 Å². The Balaban J connectivity index is 2.11. The van der Waals surface area contributed by atoms with Crippen molar-refractivity contribution in [2.45, 2.75) is 25.2 Å². The van der Waals surface area contributed by atoms with Crippen LogP contribution < -0.4 is 10.1 Å². The van der Waals surface area contributed by atoms with Crippen molar-refractivity contribution in [3.8, 4) is 5.75 Å². The van der Waals surface area contributed by atoms with E-state index in [2.05, 4.69) is 10.1 Å². The summed E-state index contributed by atoms with van der Waals surface area (Å²) in [5.74, 6) is -0.257. The molecule has 8 heteroatoms. The molecule has 0 aromatic heterocycles. The fraction of sp³-hybridized carbons (Fsp3) is 0.500. The highest BCUT2D eigenvalue weighted by atomic mass is 32.2. The Labute approximate surface area is 114 Å². The van der Waals surface area contributed by atoms with Gasteiger partial charge < -0.3 is 10.1 Å². The number of alkyl halides is 3. The Hall–Kier alpha value is -1.44. The third-order valence-electron chi connectivity index (χ3n) is 2.94. The first kappa shape index (κ1) is 15.0. The van der Waals surface area contributed by atoms with Gasteiger partial charge in [0, 0.05) is 18.0 Å². The second-order valence-electron chi connectivity index (χ2n) is 4.84. The van der Waals surface area contributed by atoms with E-state index in [1.807, 2.05) is 0 Å². The summed E-state index contributed by atoms with van der Waals surface area (Å²) in [5.41, 5.74) is 1.34. The molecule has 0 fully saturated rings. The number of benzene rings is 1. The fourth-order valence-corrected chi connectivity index (χ4v) is 3.21. The van der Waals surface area contributed by atoms with Crippen LogP contribution in [0.15, 0.2) is 18.2 Å². The van der Waals surface area contributed by atoms with Gasteiger partial charge in [0.2, 0.25) is 0 Å². The predicted molar refractivity (Wildman–Crippen MR) is 68.6 cm³/mol. The van der Waals surface area contributed by atoms with Crippen LogP contribution in [0.4, 0.5) is 18.9 Å². The van der Waals surface area contributed by atoms with Gasteiger partial charge in [-0.2, -0.15) is 0 Å². The van der Waals surface area contributed by atoms with Gasteiger partial charge in [-0.25, -0.2) is 8.42 Å². The molecular formula is C12H14F3NO3S. The van der Waals surface area contributed by atoms with Crippen molar-refractivity contribution >= 4 is 15.5 Å². The highest BCUT2D eigenvalue weighted by Gasteiger charge is 2.31. The summed E-state index contributed by atoms with van der Waals surface area (Å²) in [6.45, 7) is 0. The number of hydrogen-bond donors (Lipinski definition) is 1. The van der Waals surface area contributed by atoms with E-state index in [0.29, 0.717) is 24.1 Å². The van der Waals surface area contributed by atoms with Crippen molar-refractivity contribution in [2.24, 2.45) is 0 Å². The SMILES string of the molecule is CS(=O)(=O)C[C@@H]1CCc2cc(OC(F)(F)F)ccc2N1. The second kappa shape index (κ2) is 5.16. The zero-order valence-electron chi connectivity index (χ0n) is 10.7. The molecule has 0 unspecified atom stereocenters. The quantitative estimate of drug-likeness (QED) is 0.931. The summed E-state index contributed by atoms with van der Waals surface area (Å²) in [6.07, 6.45) is -2.49. The van der Waals surface area contributed by atoms with E-state index in [1.54, 1.807) is 0 Å². The minimum Gasteiger partial charge on any atom is -0.406 e. The van der Waals surface area contributed by atoms with E-state index < -0.39 is 16.2 Å². The van der Waals surface area contributed by atoms with Crippen LogP contribution in [-0.4, -0.2) is 32.8 Å². The molecule has 20 heavy (non-hydrogen) atoms. The van der Waals surface area contributed by atoms with Gasteiger partial charge in [-0.3, -0.25) is 0 Å². The standard InChI is InChI=1S/C12H14F3NO3S/c1-20(17,18)7-9-3-2-8-6-10(19-12(13,14)15)4-5-11(8)16-9/h4-6,9,16H,2-3,7H2,1H3/t9-/m0/s1. The summed E-state index contributed by atoms with van der Waals surface area (Å²) < 4.78 is 62.7. The maximum Gasteiger partial charge on any atom is 0.573 e. The Morgan fingerprint density at radius 3 is 2.70 bits per heavy atom. The van der Waals surface area contributed by atoms with Crippen molar-refractivity contribution in [1.82, 2.24) is 0 Å². The molecular weight excluding hydrogens is 295 g/mol. The number of rotatable bonds is 3. The van der Waals surface area contributed by atoms with E-state index in [-0.39, 0.29) is 17.5 Å². The average molecular weight is 309 g/mol. The molecule has 1 aromatic carbocycles. The van der Waals surface area contributed by atoms with Gasteiger partial charge in [0.25, 0.3) is 0 Å². The number of sulfone groups is 1. The van der Waals surface area contributed by atoms with Crippen LogP contribution in [-0.2, 0) is 16.3 Å². The zero-order valence-corrected chi connectivity index (χ0v) is 11.5. The van der Waals surface area contributed by atoms with Crippen LogP contribution in [0.25, 0.3) is 0 Å². The van der Waals surface area contributed by atoms with Gasteiger partial charge >= 0.3 is 6.36 Å². The van der Waals surface area contributed by atoms with Crippen molar-refractivity contribution in [3.63, 3.8) is 0 Å². The zero-order chi connectivity index (χ0) is 15.0. The van der Waals surface area contributed by atoms with Gasteiger partial charge in [-0.15, -0.1) is 13.2 Å². The molecule has 0 saturated heterocycles. The Morgan fingerprint density at radius 1 is 1.40 bits per heavy atom. The first-order chi connectivity index (χ1) is 9.12. The number of ether oxygens (including phenoxy) is 1. The Bertz CT molecular complexity index is 598. The van der Waals surface area contributed by atoms with Gasteiger partial charge in [-0.1, -0.05) is 0 Å². The highest BCUT2D eigenvalue weighted by molar-refractivity contribution is 7.90. The maximum absolute atomic E-state index is 12.1. The van der Waals surface area contributed by atoms with E-state index in [4.69, 9.17) is 0 Å². The molecule has 0 radical (unpaired) electrons. The van der Waals surface area contributed by atoms with Crippen LogP contribution in [0.1, 0.15) is 12.0 Å². The van der Waals surface area contributed by atoms with Crippen molar-refractivity contribution in [2.75, 3.05) is 17.3 Å². The summed E-state index contributed by atoms with van der Waals surface area (Å²) in [4.78, 5) is 0. The molecule has 112 valence electrons. The lowest BCUT2D eigenvalue weighted by molar-refractivity contribution is -0.274. The number of hydrogen-bond acceptors (Lipinski definition) is 4. The van der Waals surface area contributed by atoms with Gasteiger partial charge in [0.15, 0.2) is 0 Å².